The van der Waals surface area contributed by atoms with E-state index < -0.39 is 21.0 Å². The highest BCUT2D eigenvalue weighted by atomic mass is 32.2. The fourth-order valence-corrected chi connectivity index (χ4v) is 3.63. The summed E-state index contributed by atoms with van der Waals surface area (Å²) in [6.45, 7) is 8.86. The lowest BCUT2D eigenvalue weighted by Crippen LogP contribution is -2.12. The predicted octanol–water partition coefficient (Wildman–Crippen LogP) is 3.53. The van der Waals surface area contributed by atoms with Gasteiger partial charge in [-0.05, 0) is 42.8 Å². The number of sulfone groups is 1. The Kier molecular flexibility index (Phi) is 3.86. The van der Waals surface area contributed by atoms with Gasteiger partial charge >= 0.3 is 5.37 Å². The highest BCUT2D eigenvalue weighted by Crippen LogP contribution is 2.31. The molecule has 0 saturated heterocycles. The van der Waals surface area contributed by atoms with E-state index in [1.165, 1.54) is 18.2 Å². The summed E-state index contributed by atoms with van der Waals surface area (Å²) in [4.78, 5) is 3.35. The molecule has 0 aliphatic heterocycles. The van der Waals surface area contributed by atoms with E-state index >= 15 is 0 Å². The van der Waals surface area contributed by atoms with Crippen molar-refractivity contribution >= 4 is 9.84 Å². The van der Waals surface area contributed by atoms with Crippen LogP contribution in [-0.2, 0) is 9.84 Å². The van der Waals surface area contributed by atoms with Gasteiger partial charge in [0.25, 0.3) is 9.84 Å². The Morgan fingerprint density at radius 2 is 1.70 bits per heavy atom. The van der Waals surface area contributed by atoms with Crippen molar-refractivity contribution < 1.29 is 12.8 Å². The van der Waals surface area contributed by atoms with Gasteiger partial charge in [0.05, 0.1) is 10.5 Å². The maximum absolute atomic E-state index is 12.9. The molecule has 1 unspecified atom stereocenters. The van der Waals surface area contributed by atoms with Crippen molar-refractivity contribution in [3.63, 3.8) is 0 Å². The van der Waals surface area contributed by atoms with Crippen molar-refractivity contribution in [3.05, 3.63) is 76.9 Å². The molecule has 0 heterocycles. The van der Waals surface area contributed by atoms with Crippen LogP contribution in [-0.4, -0.2) is 8.42 Å². The van der Waals surface area contributed by atoms with E-state index in [4.69, 9.17) is 6.57 Å². The second kappa shape index (κ2) is 5.43. The second-order valence-corrected chi connectivity index (χ2v) is 6.32. The third-order valence-electron chi connectivity index (χ3n) is 2.97. The van der Waals surface area contributed by atoms with Crippen molar-refractivity contribution in [2.24, 2.45) is 0 Å². The Labute approximate surface area is 117 Å². The zero-order chi connectivity index (χ0) is 14.8. The minimum Gasteiger partial charge on any atom is -0.291 e. The van der Waals surface area contributed by atoms with Gasteiger partial charge in [-0.25, -0.2) is 19.4 Å². The molecule has 0 radical (unpaired) electrons. The van der Waals surface area contributed by atoms with Crippen LogP contribution < -0.4 is 0 Å². The molecule has 0 amide bonds. The van der Waals surface area contributed by atoms with E-state index in [1.54, 1.807) is 25.1 Å². The molecule has 0 aliphatic rings. The van der Waals surface area contributed by atoms with Gasteiger partial charge in [-0.15, -0.1) is 0 Å². The smallest absolute Gasteiger partial charge is 0.291 e. The maximum atomic E-state index is 12.9. The fraction of sp³-hybridized carbons (Fsp3) is 0.133. The van der Waals surface area contributed by atoms with Crippen LogP contribution in [0.3, 0.4) is 0 Å². The summed E-state index contributed by atoms with van der Waals surface area (Å²) in [5.41, 5.74) is 0.855. The zero-order valence-corrected chi connectivity index (χ0v) is 11.6. The van der Waals surface area contributed by atoms with E-state index in [9.17, 15) is 12.8 Å². The fourth-order valence-electron chi connectivity index (χ4n) is 1.95. The third-order valence-corrected chi connectivity index (χ3v) is 5.00. The molecule has 102 valence electrons. The molecule has 0 aliphatic carbocycles. The molecular formula is C15H12FNO2S. The Morgan fingerprint density at radius 1 is 1.10 bits per heavy atom. The van der Waals surface area contributed by atoms with Gasteiger partial charge < -0.3 is 0 Å². The van der Waals surface area contributed by atoms with Crippen LogP contribution in [0, 0.1) is 19.3 Å². The monoisotopic (exact) mass is 289 g/mol. The Balaban J connectivity index is 2.55. The van der Waals surface area contributed by atoms with Crippen molar-refractivity contribution in [1.82, 2.24) is 0 Å². The number of nitrogens with zero attached hydrogens (tertiary/aromatic N) is 1. The number of aryl methyl sites for hydroxylation is 1. The third kappa shape index (κ3) is 2.56. The van der Waals surface area contributed by atoms with E-state index in [0.29, 0.717) is 5.56 Å². The maximum Gasteiger partial charge on any atom is 0.350 e. The molecule has 0 fully saturated rings. The van der Waals surface area contributed by atoms with Crippen LogP contribution in [0.2, 0.25) is 0 Å². The van der Waals surface area contributed by atoms with E-state index in [-0.39, 0.29) is 10.5 Å². The van der Waals surface area contributed by atoms with Crippen LogP contribution in [0.1, 0.15) is 16.5 Å². The van der Waals surface area contributed by atoms with Gasteiger partial charge in [0.15, 0.2) is 0 Å². The second-order valence-electron chi connectivity index (χ2n) is 4.34. The largest absolute Gasteiger partial charge is 0.350 e. The molecule has 2 aromatic carbocycles. The number of hydrogen-bond acceptors (Lipinski definition) is 2. The van der Waals surface area contributed by atoms with Crippen molar-refractivity contribution in [2.45, 2.75) is 17.2 Å². The van der Waals surface area contributed by atoms with Crippen LogP contribution >= 0.6 is 0 Å². The number of halogens is 1. The van der Waals surface area contributed by atoms with Crippen LogP contribution in [0.15, 0.2) is 53.4 Å². The lowest BCUT2D eigenvalue weighted by atomic mass is 10.2. The van der Waals surface area contributed by atoms with E-state index in [1.807, 2.05) is 0 Å². The molecule has 0 N–H and O–H groups in total. The predicted molar refractivity (Wildman–Crippen MR) is 74.1 cm³/mol. The average molecular weight is 289 g/mol. The summed E-state index contributed by atoms with van der Waals surface area (Å²) in [5, 5.41) is -1.36. The summed E-state index contributed by atoms with van der Waals surface area (Å²) in [6.07, 6.45) is 0. The van der Waals surface area contributed by atoms with Crippen LogP contribution in [0.5, 0.6) is 0 Å². The minimum atomic E-state index is -3.82. The first-order valence-electron chi connectivity index (χ1n) is 5.88. The molecular weight excluding hydrogens is 277 g/mol. The van der Waals surface area contributed by atoms with E-state index in [0.717, 1.165) is 12.1 Å². The first-order valence-corrected chi connectivity index (χ1v) is 7.43. The van der Waals surface area contributed by atoms with Crippen LogP contribution in [0.25, 0.3) is 4.85 Å². The topological polar surface area (TPSA) is 38.5 Å². The molecule has 0 aromatic heterocycles. The minimum absolute atomic E-state index is 0.130. The summed E-state index contributed by atoms with van der Waals surface area (Å²) >= 11 is 0. The van der Waals surface area contributed by atoms with Gasteiger partial charge in [0.1, 0.15) is 5.82 Å². The molecule has 3 nitrogen and oxygen atoms in total. The number of benzene rings is 2. The average Bonchev–Trinajstić information content (AvgIpc) is 2.42. The van der Waals surface area contributed by atoms with Gasteiger partial charge in [-0.1, -0.05) is 18.2 Å². The molecule has 0 spiro atoms. The molecule has 2 aromatic rings. The highest BCUT2D eigenvalue weighted by Gasteiger charge is 2.35. The molecule has 5 heteroatoms. The highest BCUT2D eigenvalue weighted by molar-refractivity contribution is 7.91. The zero-order valence-electron chi connectivity index (χ0n) is 10.7. The van der Waals surface area contributed by atoms with Gasteiger partial charge in [-0.2, -0.15) is 0 Å². The molecule has 2 rings (SSSR count). The Hall–Kier alpha value is -2.19. The lowest BCUT2D eigenvalue weighted by molar-refractivity contribution is 0.589. The molecule has 1 atom stereocenters. The number of rotatable bonds is 3. The summed E-state index contributed by atoms with van der Waals surface area (Å²) < 4.78 is 38.0. The number of hydrogen-bond donors (Lipinski definition) is 0. The van der Waals surface area contributed by atoms with Gasteiger partial charge in [-0.3, -0.25) is 4.85 Å². The standard InChI is InChI=1S/C15H12FNO2S/c1-11-5-3-4-6-14(11)20(18,19)15(17-2)12-7-9-13(16)10-8-12/h3-10,15H,1H3. The van der Waals surface area contributed by atoms with Gasteiger partial charge in [0.2, 0.25) is 0 Å². The van der Waals surface area contributed by atoms with Gasteiger partial charge in [0, 0.05) is 0 Å². The normalized spacial score (nSPS) is 12.7. The van der Waals surface area contributed by atoms with Crippen LogP contribution in [0.4, 0.5) is 4.39 Å². The SMILES string of the molecule is [C-]#[N+]C(c1ccc(F)cc1)S(=O)(=O)c1ccccc1C. The van der Waals surface area contributed by atoms with Crippen molar-refractivity contribution in [2.75, 3.05) is 0 Å². The Bertz CT molecular complexity index is 761. The first kappa shape index (κ1) is 14.2. The Morgan fingerprint density at radius 3 is 2.25 bits per heavy atom. The summed E-state index contributed by atoms with van der Waals surface area (Å²) in [7, 11) is -3.82. The van der Waals surface area contributed by atoms with Crippen molar-refractivity contribution in [1.29, 1.82) is 0 Å². The quantitative estimate of drug-likeness (QED) is 0.811. The summed E-state index contributed by atoms with van der Waals surface area (Å²) in [5.74, 6) is -0.467. The van der Waals surface area contributed by atoms with E-state index in [2.05, 4.69) is 4.85 Å². The first-order chi connectivity index (χ1) is 9.46. The summed E-state index contributed by atoms with van der Waals surface area (Å²) in [6, 6.07) is 11.5. The molecule has 0 bridgehead atoms. The molecule has 0 saturated carbocycles. The van der Waals surface area contributed by atoms with Crippen molar-refractivity contribution in [3.8, 4) is 0 Å². The lowest BCUT2D eigenvalue weighted by Gasteiger charge is -2.10. The molecule has 20 heavy (non-hydrogen) atoms.